The molecule has 3 aromatic rings. The van der Waals surface area contributed by atoms with E-state index in [1.165, 1.54) is 16.5 Å². The third-order valence-electron chi connectivity index (χ3n) is 7.03. The molecule has 2 aromatic heterocycles. The number of likely N-dealkylation sites (tertiary alicyclic amines) is 1. The van der Waals surface area contributed by atoms with E-state index in [4.69, 9.17) is 4.55 Å². The van der Waals surface area contributed by atoms with Crippen molar-refractivity contribution in [2.45, 2.75) is 46.5 Å². The quantitative estimate of drug-likeness (QED) is 0.481. The number of benzene rings is 1. The largest absolute Gasteiger partial charge is 0.354 e. The number of fused-ring (bicyclic) bond motifs is 1. The number of nitrogens with zero attached hydrogens (tertiary/aromatic N) is 2. The molecule has 178 valence electrons. The van der Waals surface area contributed by atoms with Crippen LogP contribution in [0.15, 0.2) is 29.2 Å². The lowest BCUT2D eigenvalue weighted by atomic mass is 9.90. The SMILES string of the molecule is Cc1c(-c2[nH]c3ccc(CC4CN(CCCS(=O)O)C4)cc3c2C(C)C)cn(C)c(=O)c1C. The highest BCUT2D eigenvalue weighted by Gasteiger charge is 2.27. The molecule has 1 fully saturated rings. The zero-order valence-corrected chi connectivity index (χ0v) is 21.1. The summed E-state index contributed by atoms with van der Waals surface area (Å²) in [6, 6.07) is 6.76. The van der Waals surface area contributed by atoms with Crippen LogP contribution in [-0.4, -0.2) is 48.6 Å². The average molecular weight is 470 g/mol. The number of hydrogen-bond donors (Lipinski definition) is 2. The third-order valence-corrected chi connectivity index (χ3v) is 7.67. The Morgan fingerprint density at radius 2 is 1.94 bits per heavy atom. The van der Waals surface area contributed by atoms with Crippen LogP contribution in [0.5, 0.6) is 0 Å². The van der Waals surface area contributed by atoms with Crippen LogP contribution in [0.25, 0.3) is 22.2 Å². The number of hydrogen-bond acceptors (Lipinski definition) is 3. The lowest BCUT2D eigenvalue weighted by Crippen LogP contribution is -2.48. The van der Waals surface area contributed by atoms with Crippen LogP contribution < -0.4 is 5.56 Å². The molecular formula is C26H35N3O3S. The Balaban J connectivity index is 1.59. The summed E-state index contributed by atoms with van der Waals surface area (Å²) in [5, 5.41) is 1.27. The topological polar surface area (TPSA) is 78.3 Å². The van der Waals surface area contributed by atoms with Gasteiger partial charge in [-0.3, -0.25) is 4.79 Å². The van der Waals surface area contributed by atoms with E-state index in [-0.39, 0.29) is 5.56 Å². The molecule has 0 saturated carbocycles. The van der Waals surface area contributed by atoms with E-state index in [0.29, 0.717) is 17.6 Å². The molecule has 2 N–H and O–H groups in total. The van der Waals surface area contributed by atoms with Gasteiger partial charge in [-0.2, -0.15) is 0 Å². The Morgan fingerprint density at radius 3 is 2.61 bits per heavy atom. The van der Waals surface area contributed by atoms with E-state index in [1.807, 2.05) is 27.1 Å². The normalized spacial score (nSPS) is 16.0. The fourth-order valence-electron chi connectivity index (χ4n) is 5.16. The number of rotatable bonds is 8. The predicted octanol–water partition coefficient (Wildman–Crippen LogP) is 4.36. The Labute approximate surface area is 198 Å². The van der Waals surface area contributed by atoms with Gasteiger partial charge in [0.25, 0.3) is 5.56 Å². The summed E-state index contributed by atoms with van der Waals surface area (Å²) >= 11 is -1.68. The molecule has 0 aliphatic carbocycles. The van der Waals surface area contributed by atoms with Crippen LogP contribution in [-0.2, 0) is 24.5 Å². The zero-order valence-electron chi connectivity index (χ0n) is 20.3. The minimum absolute atomic E-state index is 0.0555. The summed E-state index contributed by atoms with van der Waals surface area (Å²) in [7, 11) is 1.82. The van der Waals surface area contributed by atoms with Crippen LogP contribution >= 0.6 is 0 Å². The molecule has 1 aromatic carbocycles. The molecule has 3 heterocycles. The molecule has 1 unspecified atom stereocenters. The van der Waals surface area contributed by atoms with E-state index in [2.05, 4.69) is 41.9 Å². The molecule has 33 heavy (non-hydrogen) atoms. The highest BCUT2D eigenvalue weighted by molar-refractivity contribution is 7.79. The molecule has 0 spiro atoms. The number of pyridine rings is 1. The summed E-state index contributed by atoms with van der Waals surface area (Å²) in [5.74, 6) is 1.34. The van der Waals surface area contributed by atoms with E-state index >= 15 is 0 Å². The molecule has 7 heteroatoms. The van der Waals surface area contributed by atoms with Gasteiger partial charge in [-0.15, -0.1) is 0 Å². The van der Waals surface area contributed by atoms with E-state index in [1.54, 1.807) is 4.57 Å². The van der Waals surface area contributed by atoms with Gasteiger partial charge >= 0.3 is 0 Å². The molecule has 1 saturated heterocycles. The van der Waals surface area contributed by atoms with Gasteiger partial charge in [0.15, 0.2) is 11.1 Å². The molecule has 4 rings (SSSR count). The maximum atomic E-state index is 12.4. The van der Waals surface area contributed by atoms with Gasteiger partial charge in [0.05, 0.1) is 11.4 Å². The predicted molar refractivity (Wildman–Crippen MR) is 136 cm³/mol. The summed E-state index contributed by atoms with van der Waals surface area (Å²) in [4.78, 5) is 18.4. The number of aromatic nitrogens is 2. The van der Waals surface area contributed by atoms with Crippen LogP contribution in [0.2, 0.25) is 0 Å². The van der Waals surface area contributed by atoms with Gasteiger partial charge in [-0.05, 0) is 73.9 Å². The second-order valence-corrected chi connectivity index (χ2v) is 10.9. The van der Waals surface area contributed by atoms with Gasteiger partial charge < -0.3 is 19.0 Å². The first kappa shape index (κ1) is 23.9. The number of aromatic amines is 1. The van der Waals surface area contributed by atoms with Crippen molar-refractivity contribution in [1.29, 1.82) is 0 Å². The smallest absolute Gasteiger partial charge is 0.253 e. The van der Waals surface area contributed by atoms with Crippen molar-refractivity contribution < 1.29 is 8.76 Å². The molecule has 0 bridgehead atoms. The maximum absolute atomic E-state index is 12.4. The van der Waals surface area contributed by atoms with Gasteiger partial charge in [0, 0.05) is 48.4 Å². The van der Waals surface area contributed by atoms with E-state index in [0.717, 1.165) is 60.4 Å². The van der Waals surface area contributed by atoms with Crippen LogP contribution in [0, 0.1) is 19.8 Å². The highest BCUT2D eigenvalue weighted by atomic mass is 32.2. The average Bonchev–Trinajstić information content (AvgIpc) is 3.11. The Hall–Kier alpha value is -2.22. The molecular weight excluding hydrogens is 434 g/mol. The standard InChI is InChI=1S/C26H35N3O3S/c1-16(2)24-21-12-19(11-20-13-29(14-20)9-6-10-33(31)32)7-8-23(21)27-25(24)22-15-28(5)26(30)18(4)17(22)3/h7-8,12,15-16,20,27H,6,9-11,13-14H2,1-5H3,(H,31,32). The van der Waals surface area contributed by atoms with Crippen molar-refractivity contribution in [1.82, 2.24) is 14.5 Å². The summed E-state index contributed by atoms with van der Waals surface area (Å²) in [5.41, 5.74) is 7.88. The van der Waals surface area contributed by atoms with Crippen LogP contribution in [0.4, 0.5) is 0 Å². The van der Waals surface area contributed by atoms with Gasteiger partial charge in [-0.25, -0.2) is 4.21 Å². The first-order valence-electron chi connectivity index (χ1n) is 11.8. The summed E-state index contributed by atoms with van der Waals surface area (Å²) in [6.07, 6.45) is 3.78. The molecule has 0 radical (unpaired) electrons. The molecule has 1 aliphatic rings. The molecule has 0 amide bonds. The number of nitrogens with one attached hydrogen (secondary N) is 1. The Morgan fingerprint density at radius 1 is 1.21 bits per heavy atom. The highest BCUT2D eigenvalue weighted by Crippen LogP contribution is 2.37. The summed E-state index contributed by atoms with van der Waals surface area (Å²) in [6.45, 7) is 11.4. The van der Waals surface area contributed by atoms with Crippen molar-refractivity contribution in [3.8, 4) is 11.3 Å². The van der Waals surface area contributed by atoms with Crippen molar-refractivity contribution in [2.75, 3.05) is 25.4 Å². The minimum Gasteiger partial charge on any atom is -0.354 e. The first-order valence-corrected chi connectivity index (χ1v) is 13.0. The fourth-order valence-corrected chi connectivity index (χ4v) is 5.54. The maximum Gasteiger partial charge on any atom is 0.253 e. The zero-order chi connectivity index (χ0) is 23.9. The first-order chi connectivity index (χ1) is 15.7. The minimum atomic E-state index is -1.68. The van der Waals surface area contributed by atoms with Crippen LogP contribution in [0.3, 0.4) is 0 Å². The lowest BCUT2D eigenvalue weighted by molar-refractivity contribution is 0.101. The van der Waals surface area contributed by atoms with Gasteiger partial charge in [-0.1, -0.05) is 19.9 Å². The monoisotopic (exact) mass is 469 g/mol. The second-order valence-electron chi connectivity index (χ2n) is 9.87. The summed E-state index contributed by atoms with van der Waals surface area (Å²) < 4.78 is 21.4. The van der Waals surface area contributed by atoms with Crippen molar-refractivity contribution >= 4 is 22.0 Å². The van der Waals surface area contributed by atoms with Crippen molar-refractivity contribution in [3.63, 3.8) is 0 Å². The fraction of sp³-hybridized carbons (Fsp3) is 0.500. The molecule has 6 nitrogen and oxygen atoms in total. The third kappa shape index (κ3) is 4.86. The van der Waals surface area contributed by atoms with E-state index < -0.39 is 11.1 Å². The number of H-pyrrole nitrogens is 1. The molecule has 1 aliphatic heterocycles. The van der Waals surface area contributed by atoms with Crippen LogP contribution in [0.1, 0.15) is 48.4 Å². The number of aryl methyl sites for hydroxylation is 1. The Bertz CT molecular complexity index is 1250. The molecule has 1 atom stereocenters. The van der Waals surface area contributed by atoms with Crippen molar-refractivity contribution in [3.05, 3.63) is 57.0 Å². The van der Waals surface area contributed by atoms with Gasteiger partial charge in [0.2, 0.25) is 0 Å². The lowest BCUT2D eigenvalue weighted by Gasteiger charge is -2.39. The Kier molecular flexibility index (Phi) is 6.93. The van der Waals surface area contributed by atoms with E-state index in [9.17, 15) is 9.00 Å². The second kappa shape index (κ2) is 9.57. The van der Waals surface area contributed by atoms with Crippen molar-refractivity contribution in [2.24, 2.45) is 13.0 Å². The van der Waals surface area contributed by atoms with Gasteiger partial charge in [0.1, 0.15) is 0 Å².